The molecule has 0 N–H and O–H groups in total. The van der Waals surface area contributed by atoms with Crippen molar-refractivity contribution in [2.75, 3.05) is 5.75 Å². The molecular formula is C16H14BrNS. The molecule has 3 rings (SSSR count). The minimum absolute atomic E-state index is 0.294. The van der Waals surface area contributed by atoms with Gasteiger partial charge in [0.15, 0.2) is 0 Å². The molecule has 0 aromatic heterocycles. The van der Waals surface area contributed by atoms with Crippen LogP contribution in [0.1, 0.15) is 16.0 Å². The molecule has 96 valence electrons. The van der Waals surface area contributed by atoms with Crippen molar-refractivity contribution in [2.45, 2.75) is 10.9 Å². The van der Waals surface area contributed by atoms with Crippen LogP contribution >= 0.6 is 27.7 Å². The van der Waals surface area contributed by atoms with Gasteiger partial charge in [0.2, 0.25) is 0 Å². The summed E-state index contributed by atoms with van der Waals surface area (Å²) >= 11 is 5.64. The Labute approximate surface area is 126 Å². The molecule has 1 aliphatic heterocycles. The lowest BCUT2D eigenvalue weighted by Crippen LogP contribution is -2.11. The molecule has 19 heavy (non-hydrogen) atoms. The molecule has 0 radical (unpaired) electrons. The molecule has 0 bridgehead atoms. The first-order valence-corrected chi connectivity index (χ1v) is 8.20. The van der Waals surface area contributed by atoms with Crippen molar-refractivity contribution in [2.24, 2.45) is 4.99 Å². The maximum absolute atomic E-state index is 4.87. The van der Waals surface area contributed by atoms with E-state index in [0.29, 0.717) is 10.9 Å². The standard InChI is InChI=1S/C16H14BrNS/c17-15(12-7-3-1-4-8-12)14-11-19-16(18-14)13-9-5-2-6-10-13/h1-10,14-15H,11H2/t14?,15-/m1/s1. The third kappa shape index (κ3) is 2.93. The number of benzene rings is 2. The minimum atomic E-state index is 0.294. The van der Waals surface area contributed by atoms with Gasteiger partial charge in [0, 0.05) is 11.3 Å². The van der Waals surface area contributed by atoms with Gasteiger partial charge in [-0.15, -0.1) is 11.8 Å². The van der Waals surface area contributed by atoms with Gasteiger partial charge in [-0.1, -0.05) is 76.6 Å². The Balaban J connectivity index is 1.80. The maximum atomic E-state index is 4.87. The summed E-state index contributed by atoms with van der Waals surface area (Å²) in [5.74, 6) is 1.04. The lowest BCUT2D eigenvalue weighted by atomic mass is 10.1. The largest absolute Gasteiger partial charge is 0.272 e. The van der Waals surface area contributed by atoms with Crippen LogP contribution in [0.2, 0.25) is 0 Å². The van der Waals surface area contributed by atoms with Gasteiger partial charge in [-0.2, -0.15) is 0 Å². The Bertz CT molecular complexity index is 568. The fourth-order valence-electron chi connectivity index (χ4n) is 2.14. The zero-order valence-corrected chi connectivity index (χ0v) is 12.8. The summed E-state index contributed by atoms with van der Waals surface area (Å²) in [6.45, 7) is 0. The van der Waals surface area contributed by atoms with Crippen molar-refractivity contribution >= 4 is 32.7 Å². The lowest BCUT2D eigenvalue weighted by molar-refractivity contribution is 0.756. The predicted octanol–water partition coefficient (Wildman–Crippen LogP) is 4.68. The van der Waals surface area contributed by atoms with Gasteiger partial charge in [0.25, 0.3) is 0 Å². The average Bonchev–Trinajstić information content (AvgIpc) is 2.98. The Hall–Kier alpha value is -1.06. The zero-order valence-electron chi connectivity index (χ0n) is 10.4. The van der Waals surface area contributed by atoms with E-state index in [4.69, 9.17) is 4.99 Å². The number of alkyl halides is 1. The highest BCUT2D eigenvalue weighted by molar-refractivity contribution is 9.09. The molecule has 1 unspecified atom stereocenters. The molecular weight excluding hydrogens is 318 g/mol. The molecule has 0 aliphatic carbocycles. The van der Waals surface area contributed by atoms with Gasteiger partial charge >= 0.3 is 0 Å². The molecule has 1 aliphatic rings. The predicted molar refractivity (Wildman–Crippen MR) is 87.3 cm³/mol. The number of hydrogen-bond acceptors (Lipinski definition) is 2. The van der Waals surface area contributed by atoms with Crippen LogP contribution in [0.3, 0.4) is 0 Å². The molecule has 0 saturated heterocycles. The number of thioether (sulfide) groups is 1. The van der Waals surface area contributed by atoms with Crippen LogP contribution in [-0.2, 0) is 0 Å². The normalized spacial score (nSPS) is 20.1. The van der Waals surface area contributed by atoms with Crippen LogP contribution in [0.4, 0.5) is 0 Å². The highest BCUT2D eigenvalue weighted by atomic mass is 79.9. The molecule has 1 heterocycles. The summed E-state index contributed by atoms with van der Waals surface area (Å²) in [5, 5.41) is 1.16. The summed E-state index contributed by atoms with van der Waals surface area (Å²) in [6, 6.07) is 21.2. The van der Waals surface area contributed by atoms with Crippen LogP contribution in [0, 0.1) is 0 Å². The van der Waals surface area contributed by atoms with E-state index >= 15 is 0 Å². The fourth-order valence-corrected chi connectivity index (χ4v) is 4.10. The molecule has 0 spiro atoms. The summed E-state index contributed by atoms with van der Waals surface area (Å²) < 4.78 is 0. The van der Waals surface area contributed by atoms with Gasteiger partial charge in [0.05, 0.1) is 15.9 Å². The third-order valence-electron chi connectivity index (χ3n) is 3.15. The summed E-state index contributed by atoms with van der Waals surface area (Å²) in [7, 11) is 0. The second-order valence-corrected chi connectivity index (χ2v) is 6.49. The molecule has 2 aromatic rings. The quantitative estimate of drug-likeness (QED) is 0.743. The van der Waals surface area contributed by atoms with E-state index in [1.54, 1.807) is 0 Å². The summed E-state index contributed by atoms with van der Waals surface area (Å²) in [5.41, 5.74) is 2.52. The highest BCUT2D eigenvalue weighted by Crippen LogP contribution is 2.35. The first-order valence-electron chi connectivity index (χ1n) is 6.29. The number of hydrogen-bond donors (Lipinski definition) is 0. The highest BCUT2D eigenvalue weighted by Gasteiger charge is 2.26. The number of aliphatic imine (C=N–C) groups is 1. The second-order valence-electron chi connectivity index (χ2n) is 4.49. The molecule has 2 aromatic carbocycles. The van der Waals surface area contributed by atoms with E-state index in [1.807, 2.05) is 23.9 Å². The smallest absolute Gasteiger partial charge is 0.0982 e. The molecule has 1 nitrogen and oxygen atoms in total. The van der Waals surface area contributed by atoms with Gasteiger partial charge in [-0.05, 0) is 5.56 Å². The second kappa shape index (κ2) is 5.93. The van der Waals surface area contributed by atoms with Crippen molar-refractivity contribution in [1.29, 1.82) is 0 Å². The molecule has 0 amide bonds. The fraction of sp³-hybridized carbons (Fsp3) is 0.188. The topological polar surface area (TPSA) is 12.4 Å². The van der Waals surface area contributed by atoms with Crippen molar-refractivity contribution in [3.8, 4) is 0 Å². The molecule has 2 atom stereocenters. The molecule has 0 fully saturated rings. The van der Waals surface area contributed by atoms with E-state index in [-0.39, 0.29) is 0 Å². The van der Waals surface area contributed by atoms with Crippen LogP contribution in [0.15, 0.2) is 65.7 Å². The molecule has 0 saturated carbocycles. The van der Waals surface area contributed by atoms with Crippen molar-refractivity contribution < 1.29 is 0 Å². The monoisotopic (exact) mass is 331 g/mol. The van der Waals surface area contributed by atoms with Gasteiger partial charge < -0.3 is 0 Å². The Kier molecular flexibility index (Phi) is 4.04. The molecule has 3 heteroatoms. The van der Waals surface area contributed by atoms with Crippen LogP contribution in [0.25, 0.3) is 0 Å². The lowest BCUT2D eigenvalue weighted by Gasteiger charge is -2.14. The minimum Gasteiger partial charge on any atom is -0.272 e. The van der Waals surface area contributed by atoms with E-state index < -0.39 is 0 Å². The van der Waals surface area contributed by atoms with Crippen LogP contribution in [0.5, 0.6) is 0 Å². The Morgan fingerprint density at radius 1 is 1.00 bits per heavy atom. The Morgan fingerprint density at radius 2 is 1.63 bits per heavy atom. The van der Waals surface area contributed by atoms with Gasteiger partial charge in [0.1, 0.15) is 0 Å². The number of rotatable bonds is 3. The van der Waals surface area contributed by atoms with E-state index in [2.05, 4.69) is 64.5 Å². The van der Waals surface area contributed by atoms with Crippen molar-refractivity contribution in [3.63, 3.8) is 0 Å². The van der Waals surface area contributed by atoms with Crippen LogP contribution < -0.4 is 0 Å². The number of halogens is 1. The van der Waals surface area contributed by atoms with E-state index in [1.165, 1.54) is 11.1 Å². The third-order valence-corrected chi connectivity index (χ3v) is 5.41. The van der Waals surface area contributed by atoms with E-state index in [0.717, 1.165) is 10.8 Å². The van der Waals surface area contributed by atoms with Crippen molar-refractivity contribution in [1.82, 2.24) is 0 Å². The Morgan fingerprint density at radius 3 is 2.32 bits per heavy atom. The van der Waals surface area contributed by atoms with Crippen molar-refractivity contribution in [3.05, 3.63) is 71.8 Å². The van der Waals surface area contributed by atoms with Gasteiger partial charge in [-0.3, -0.25) is 4.99 Å². The van der Waals surface area contributed by atoms with Gasteiger partial charge in [-0.25, -0.2) is 0 Å². The maximum Gasteiger partial charge on any atom is 0.0982 e. The first-order chi connectivity index (χ1) is 9.34. The van der Waals surface area contributed by atoms with E-state index in [9.17, 15) is 0 Å². The first kappa shape index (κ1) is 12.9. The number of nitrogens with zero attached hydrogens (tertiary/aromatic N) is 1. The SMILES string of the molecule is Br[C@H](c1ccccc1)C1CSC(c2ccccc2)=N1. The summed E-state index contributed by atoms with van der Waals surface area (Å²) in [4.78, 5) is 5.16. The summed E-state index contributed by atoms with van der Waals surface area (Å²) in [6.07, 6.45) is 0. The zero-order chi connectivity index (χ0) is 13.1. The van der Waals surface area contributed by atoms with Crippen LogP contribution in [-0.4, -0.2) is 16.8 Å². The average molecular weight is 332 g/mol.